The van der Waals surface area contributed by atoms with Gasteiger partial charge in [-0.05, 0) is 25.5 Å². The Morgan fingerprint density at radius 3 is 2.39 bits per heavy atom. The third-order valence-corrected chi connectivity index (χ3v) is 2.50. The fraction of sp³-hybridized carbons (Fsp3) is 0.312. The van der Waals surface area contributed by atoms with Crippen molar-refractivity contribution in [1.29, 1.82) is 0 Å². The summed E-state index contributed by atoms with van der Waals surface area (Å²) in [5.41, 5.74) is 0. The van der Waals surface area contributed by atoms with Crippen molar-refractivity contribution in [2.45, 2.75) is 19.8 Å². The molecule has 0 aromatic heterocycles. The second-order valence-electron chi connectivity index (χ2n) is 4.30. The van der Waals surface area contributed by atoms with Gasteiger partial charge in [-0.3, -0.25) is 4.79 Å². The Labute approximate surface area is 133 Å². The highest BCUT2D eigenvalue weighted by Crippen LogP contribution is 2.24. The Morgan fingerprint density at radius 1 is 1.09 bits per heavy atom. The van der Waals surface area contributed by atoms with Crippen LogP contribution < -0.4 is 4.74 Å². The normalized spacial score (nSPS) is 10.3. The number of phenols is 1. The highest BCUT2D eigenvalue weighted by molar-refractivity contribution is 5.91. The summed E-state index contributed by atoms with van der Waals surface area (Å²) in [4.78, 5) is 33.8. The zero-order chi connectivity index (χ0) is 17.1. The molecule has 1 aromatic rings. The van der Waals surface area contributed by atoms with E-state index >= 15 is 0 Å². The van der Waals surface area contributed by atoms with Gasteiger partial charge < -0.3 is 19.3 Å². The summed E-state index contributed by atoms with van der Waals surface area (Å²) < 4.78 is 14.4. The van der Waals surface area contributed by atoms with E-state index in [1.807, 2.05) is 0 Å². The van der Waals surface area contributed by atoms with E-state index in [4.69, 9.17) is 9.47 Å². The number of rotatable bonds is 8. The smallest absolute Gasteiger partial charge is 0.331 e. The molecule has 0 radical (unpaired) electrons. The number of ether oxygens (including phenoxy) is 3. The van der Waals surface area contributed by atoms with Gasteiger partial charge in [-0.1, -0.05) is 12.1 Å². The van der Waals surface area contributed by atoms with Crippen molar-refractivity contribution in [3.63, 3.8) is 0 Å². The van der Waals surface area contributed by atoms with Gasteiger partial charge in [0.15, 0.2) is 11.5 Å². The lowest BCUT2D eigenvalue weighted by molar-refractivity contribution is -0.141. The largest absolute Gasteiger partial charge is 0.504 e. The predicted octanol–water partition coefficient (Wildman–Crippen LogP) is 1.74. The molecule has 0 heterocycles. The van der Waals surface area contributed by atoms with E-state index in [0.717, 1.165) is 12.2 Å². The first kappa shape index (κ1) is 18.2. The average molecular weight is 322 g/mol. The maximum atomic E-state index is 11.5. The van der Waals surface area contributed by atoms with Crippen molar-refractivity contribution in [1.82, 2.24) is 0 Å². The third kappa shape index (κ3) is 7.66. The van der Waals surface area contributed by atoms with Gasteiger partial charge in [0.2, 0.25) is 0 Å². The highest BCUT2D eigenvalue weighted by atomic mass is 16.5. The molecule has 7 nitrogen and oxygen atoms in total. The minimum Gasteiger partial charge on any atom is -0.504 e. The molecule has 1 aromatic carbocycles. The van der Waals surface area contributed by atoms with Crippen molar-refractivity contribution in [3.8, 4) is 11.5 Å². The topological polar surface area (TPSA) is 99.1 Å². The lowest BCUT2D eigenvalue weighted by atomic mass is 10.3. The Balaban J connectivity index is 2.22. The van der Waals surface area contributed by atoms with Crippen LogP contribution in [0.4, 0.5) is 0 Å². The third-order valence-electron chi connectivity index (χ3n) is 2.50. The molecule has 0 bridgehead atoms. The number of aromatic hydroxyl groups is 1. The summed E-state index contributed by atoms with van der Waals surface area (Å²) in [6.07, 6.45) is 2.20. The van der Waals surface area contributed by atoms with E-state index in [0.29, 0.717) is 0 Å². The SMILES string of the molecule is CCOC(=O)/C=C\C(=O)OCCCC(=O)Oc1ccccc1O. The fourth-order valence-electron chi connectivity index (χ4n) is 1.48. The van der Waals surface area contributed by atoms with Crippen LogP contribution in [0.2, 0.25) is 0 Å². The minimum absolute atomic E-state index is 0.00186. The zero-order valence-corrected chi connectivity index (χ0v) is 12.7. The van der Waals surface area contributed by atoms with Crippen molar-refractivity contribution in [3.05, 3.63) is 36.4 Å². The molecule has 0 spiro atoms. The molecular formula is C16H18O7. The molecule has 0 amide bonds. The van der Waals surface area contributed by atoms with Crippen LogP contribution in [-0.4, -0.2) is 36.2 Å². The molecule has 0 unspecified atom stereocenters. The Bertz CT molecular complexity index is 578. The van der Waals surface area contributed by atoms with Crippen LogP contribution in [-0.2, 0) is 23.9 Å². The van der Waals surface area contributed by atoms with Gasteiger partial charge in [-0.2, -0.15) is 0 Å². The van der Waals surface area contributed by atoms with Crippen LogP contribution in [0.25, 0.3) is 0 Å². The van der Waals surface area contributed by atoms with E-state index in [-0.39, 0.29) is 37.6 Å². The Kier molecular flexibility index (Phi) is 7.91. The molecule has 0 aliphatic heterocycles. The van der Waals surface area contributed by atoms with E-state index in [9.17, 15) is 19.5 Å². The van der Waals surface area contributed by atoms with Gasteiger partial charge in [-0.15, -0.1) is 0 Å². The van der Waals surface area contributed by atoms with Gasteiger partial charge in [0.25, 0.3) is 0 Å². The standard InChI is InChI=1S/C16H18O7/c1-2-21-14(18)9-10-15(19)22-11-5-8-16(20)23-13-7-4-3-6-12(13)17/h3-4,6-7,9-10,17H,2,5,8,11H2,1H3/b10-9-. The molecule has 0 atom stereocenters. The number of hydrogen-bond acceptors (Lipinski definition) is 7. The van der Waals surface area contributed by atoms with Crippen molar-refractivity contribution < 1.29 is 33.7 Å². The predicted molar refractivity (Wildman–Crippen MR) is 79.7 cm³/mol. The number of carbonyl (C=O) groups excluding carboxylic acids is 3. The Hall–Kier alpha value is -2.83. The minimum atomic E-state index is -0.702. The maximum absolute atomic E-state index is 11.5. The van der Waals surface area contributed by atoms with Crippen LogP contribution >= 0.6 is 0 Å². The van der Waals surface area contributed by atoms with Gasteiger partial charge in [-0.25, -0.2) is 9.59 Å². The molecule has 0 aliphatic carbocycles. The van der Waals surface area contributed by atoms with Gasteiger partial charge in [0.1, 0.15) is 0 Å². The first-order valence-corrected chi connectivity index (χ1v) is 7.03. The second kappa shape index (κ2) is 9.99. The Morgan fingerprint density at radius 2 is 1.74 bits per heavy atom. The lowest BCUT2D eigenvalue weighted by Gasteiger charge is -2.06. The van der Waals surface area contributed by atoms with Gasteiger partial charge >= 0.3 is 17.9 Å². The number of para-hydroxylation sites is 2. The second-order valence-corrected chi connectivity index (χ2v) is 4.30. The first-order chi connectivity index (χ1) is 11.0. The monoisotopic (exact) mass is 322 g/mol. The van der Waals surface area contributed by atoms with Crippen LogP contribution in [0.5, 0.6) is 11.5 Å². The van der Waals surface area contributed by atoms with Crippen molar-refractivity contribution in [2.75, 3.05) is 13.2 Å². The number of benzene rings is 1. The highest BCUT2D eigenvalue weighted by Gasteiger charge is 2.08. The van der Waals surface area contributed by atoms with E-state index in [2.05, 4.69) is 4.74 Å². The quantitative estimate of drug-likeness (QED) is 0.337. The van der Waals surface area contributed by atoms with E-state index < -0.39 is 17.9 Å². The maximum Gasteiger partial charge on any atom is 0.331 e. The fourth-order valence-corrected chi connectivity index (χ4v) is 1.48. The van der Waals surface area contributed by atoms with Crippen LogP contribution in [0.3, 0.4) is 0 Å². The van der Waals surface area contributed by atoms with Crippen LogP contribution in [0, 0.1) is 0 Å². The molecule has 0 saturated carbocycles. The molecule has 0 saturated heterocycles. The number of esters is 3. The summed E-state index contributed by atoms with van der Waals surface area (Å²) in [5, 5.41) is 9.45. The molecule has 7 heteroatoms. The number of hydrogen-bond donors (Lipinski definition) is 1. The molecule has 1 rings (SSSR count). The van der Waals surface area contributed by atoms with Crippen LogP contribution in [0.1, 0.15) is 19.8 Å². The number of phenolic OH excluding ortho intramolecular Hbond substituents is 1. The van der Waals surface area contributed by atoms with Crippen molar-refractivity contribution in [2.24, 2.45) is 0 Å². The summed E-state index contributed by atoms with van der Waals surface area (Å²) in [7, 11) is 0. The lowest BCUT2D eigenvalue weighted by Crippen LogP contribution is -2.10. The summed E-state index contributed by atoms with van der Waals surface area (Å²) >= 11 is 0. The van der Waals surface area contributed by atoms with Gasteiger partial charge in [0, 0.05) is 18.6 Å². The van der Waals surface area contributed by atoms with Gasteiger partial charge in [0.05, 0.1) is 13.2 Å². The van der Waals surface area contributed by atoms with E-state index in [1.54, 1.807) is 19.1 Å². The molecular weight excluding hydrogens is 304 g/mol. The summed E-state index contributed by atoms with van der Waals surface area (Å²) in [6, 6.07) is 6.10. The average Bonchev–Trinajstić information content (AvgIpc) is 2.52. The summed E-state index contributed by atoms with van der Waals surface area (Å²) in [5.74, 6) is -1.93. The molecule has 0 aliphatic rings. The molecule has 124 valence electrons. The van der Waals surface area contributed by atoms with E-state index in [1.165, 1.54) is 12.1 Å². The zero-order valence-electron chi connectivity index (χ0n) is 12.7. The molecule has 23 heavy (non-hydrogen) atoms. The number of carbonyl (C=O) groups is 3. The first-order valence-electron chi connectivity index (χ1n) is 7.03. The molecule has 0 fully saturated rings. The summed E-state index contributed by atoms with van der Waals surface area (Å²) in [6.45, 7) is 1.87. The van der Waals surface area contributed by atoms with Crippen molar-refractivity contribution >= 4 is 17.9 Å². The molecule has 1 N–H and O–H groups in total. The van der Waals surface area contributed by atoms with Crippen LogP contribution in [0.15, 0.2) is 36.4 Å².